The summed E-state index contributed by atoms with van der Waals surface area (Å²) in [6.07, 6.45) is 1.91. The average Bonchev–Trinajstić information content (AvgIpc) is 2.72. The van der Waals surface area contributed by atoms with Crippen molar-refractivity contribution in [2.75, 3.05) is 36.9 Å². The third kappa shape index (κ3) is 4.36. The molecule has 0 aromatic heterocycles. The highest BCUT2D eigenvalue weighted by Gasteiger charge is 2.29. The van der Waals surface area contributed by atoms with E-state index in [1.807, 2.05) is 6.26 Å². The van der Waals surface area contributed by atoms with Gasteiger partial charge in [0.05, 0.1) is 17.2 Å². The normalized spacial score (nSPS) is 13.1. The van der Waals surface area contributed by atoms with Crippen molar-refractivity contribution in [1.82, 2.24) is 0 Å². The Hall–Kier alpha value is -2.39. The van der Waals surface area contributed by atoms with Crippen molar-refractivity contribution in [2.45, 2.75) is 16.7 Å². The average molecular weight is 424 g/mol. The number of anilines is 1. The van der Waals surface area contributed by atoms with Crippen LogP contribution in [0, 0.1) is 0 Å². The van der Waals surface area contributed by atoms with Crippen molar-refractivity contribution in [3.63, 3.8) is 0 Å². The predicted molar refractivity (Wildman–Crippen MR) is 107 cm³/mol. The Labute approximate surface area is 168 Å². The van der Waals surface area contributed by atoms with E-state index in [2.05, 4.69) is 0 Å². The molecular formula is C19H21NO6S2. The first-order valence-electron chi connectivity index (χ1n) is 8.67. The maximum Gasteiger partial charge on any atom is 0.326 e. The third-order valence-corrected chi connectivity index (χ3v) is 6.57. The number of carbonyl (C=O) groups is 1. The standard InChI is InChI=1S/C19H21NO6S2/c1-3-24-19(21)13-20(14-4-9-17-18(12-14)26-11-10-25-17)28(22,23)16-7-5-15(27-2)6-8-16/h4-9,12H,3,10-11,13H2,1-2H3. The zero-order chi connectivity index (χ0) is 20.1. The number of fused-ring (bicyclic) bond motifs is 1. The molecule has 0 aliphatic carbocycles. The molecule has 0 bridgehead atoms. The van der Waals surface area contributed by atoms with Gasteiger partial charge in [0.25, 0.3) is 10.0 Å². The molecule has 150 valence electrons. The van der Waals surface area contributed by atoms with E-state index in [0.29, 0.717) is 30.4 Å². The molecule has 0 radical (unpaired) electrons. The van der Waals surface area contributed by atoms with E-state index in [1.54, 1.807) is 37.3 Å². The fraction of sp³-hybridized carbons (Fsp3) is 0.316. The molecule has 9 heteroatoms. The fourth-order valence-corrected chi connectivity index (χ4v) is 4.51. The van der Waals surface area contributed by atoms with Crippen LogP contribution in [0.5, 0.6) is 11.5 Å². The lowest BCUT2D eigenvalue weighted by atomic mass is 10.2. The number of hydrogen-bond acceptors (Lipinski definition) is 7. The van der Waals surface area contributed by atoms with Gasteiger partial charge in [-0.15, -0.1) is 11.8 Å². The summed E-state index contributed by atoms with van der Waals surface area (Å²) >= 11 is 1.51. The lowest BCUT2D eigenvalue weighted by Crippen LogP contribution is -2.36. The van der Waals surface area contributed by atoms with Crippen LogP contribution in [0.2, 0.25) is 0 Å². The first kappa shape index (κ1) is 20.3. The lowest BCUT2D eigenvalue weighted by molar-refractivity contribution is -0.141. The highest BCUT2D eigenvalue weighted by molar-refractivity contribution is 7.98. The van der Waals surface area contributed by atoms with Crippen LogP contribution in [0.1, 0.15) is 6.92 Å². The molecule has 0 fully saturated rings. The molecule has 0 atom stereocenters. The fourth-order valence-electron chi connectivity index (χ4n) is 2.70. The SMILES string of the molecule is CCOC(=O)CN(c1ccc2c(c1)OCCO2)S(=O)(=O)c1ccc(SC)cc1. The highest BCUT2D eigenvalue weighted by Crippen LogP contribution is 2.35. The second-order valence-corrected chi connectivity index (χ2v) is 8.56. The maximum atomic E-state index is 13.3. The van der Waals surface area contributed by atoms with Gasteiger partial charge < -0.3 is 14.2 Å². The molecule has 2 aromatic carbocycles. The molecule has 2 aromatic rings. The summed E-state index contributed by atoms with van der Waals surface area (Å²) in [5.41, 5.74) is 0.297. The predicted octanol–water partition coefficient (Wildman–Crippen LogP) is 2.94. The summed E-state index contributed by atoms with van der Waals surface area (Å²) < 4.78 is 43.6. The zero-order valence-electron chi connectivity index (χ0n) is 15.6. The lowest BCUT2D eigenvalue weighted by Gasteiger charge is -2.26. The molecule has 0 unspecified atom stereocenters. The molecule has 3 rings (SSSR count). The number of nitrogens with zero attached hydrogens (tertiary/aromatic N) is 1. The molecule has 1 heterocycles. The first-order valence-corrected chi connectivity index (χ1v) is 11.3. The number of sulfonamides is 1. The van der Waals surface area contributed by atoms with Gasteiger partial charge in [-0.2, -0.15) is 0 Å². The number of carbonyl (C=O) groups excluding carboxylic acids is 1. The van der Waals surface area contributed by atoms with Crippen molar-refractivity contribution >= 4 is 33.4 Å². The van der Waals surface area contributed by atoms with Crippen LogP contribution in [-0.2, 0) is 19.6 Å². The first-order chi connectivity index (χ1) is 13.5. The minimum absolute atomic E-state index is 0.0875. The molecule has 0 saturated carbocycles. The van der Waals surface area contributed by atoms with Gasteiger partial charge in [-0.25, -0.2) is 8.42 Å². The van der Waals surface area contributed by atoms with Gasteiger partial charge in [-0.1, -0.05) is 0 Å². The van der Waals surface area contributed by atoms with E-state index in [0.717, 1.165) is 9.20 Å². The van der Waals surface area contributed by atoms with Crippen LogP contribution in [0.4, 0.5) is 5.69 Å². The Balaban J connectivity index is 2.01. The highest BCUT2D eigenvalue weighted by atomic mass is 32.2. The summed E-state index contributed by atoms with van der Waals surface area (Å²) in [5, 5.41) is 0. The molecule has 0 spiro atoms. The van der Waals surface area contributed by atoms with Gasteiger partial charge in [0, 0.05) is 11.0 Å². The number of esters is 1. The van der Waals surface area contributed by atoms with Crippen molar-refractivity contribution in [1.29, 1.82) is 0 Å². The second-order valence-electron chi connectivity index (χ2n) is 5.82. The Morgan fingerprint density at radius 3 is 2.43 bits per heavy atom. The Bertz CT molecular complexity index is 943. The van der Waals surface area contributed by atoms with E-state index in [9.17, 15) is 13.2 Å². The summed E-state index contributed by atoms with van der Waals surface area (Å²) in [6, 6.07) is 11.3. The molecule has 1 aliphatic rings. The quantitative estimate of drug-likeness (QED) is 0.500. The number of rotatable bonds is 7. The molecule has 1 aliphatic heterocycles. The smallest absolute Gasteiger partial charge is 0.326 e. The molecule has 28 heavy (non-hydrogen) atoms. The molecule has 7 nitrogen and oxygen atoms in total. The minimum atomic E-state index is -3.99. The summed E-state index contributed by atoms with van der Waals surface area (Å²) in [5.74, 6) is 0.333. The number of hydrogen-bond donors (Lipinski definition) is 0. The Morgan fingerprint density at radius 2 is 1.79 bits per heavy atom. The van der Waals surface area contributed by atoms with Gasteiger partial charge in [-0.3, -0.25) is 9.10 Å². The second kappa shape index (κ2) is 8.74. The zero-order valence-corrected chi connectivity index (χ0v) is 17.2. The van der Waals surface area contributed by atoms with E-state index < -0.39 is 22.5 Å². The van der Waals surface area contributed by atoms with Crippen LogP contribution in [0.3, 0.4) is 0 Å². The minimum Gasteiger partial charge on any atom is -0.486 e. The molecular weight excluding hydrogens is 402 g/mol. The largest absolute Gasteiger partial charge is 0.486 e. The van der Waals surface area contributed by atoms with Crippen LogP contribution < -0.4 is 13.8 Å². The van der Waals surface area contributed by atoms with E-state index >= 15 is 0 Å². The van der Waals surface area contributed by atoms with Crippen LogP contribution in [0.15, 0.2) is 52.3 Å². The van der Waals surface area contributed by atoms with Crippen molar-refractivity contribution in [3.8, 4) is 11.5 Å². The third-order valence-electron chi connectivity index (χ3n) is 4.04. The maximum absolute atomic E-state index is 13.3. The van der Waals surface area contributed by atoms with Gasteiger partial charge >= 0.3 is 5.97 Å². The van der Waals surface area contributed by atoms with E-state index in [-0.39, 0.29) is 11.5 Å². The molecule has 0 N–H and O–H groups in total. The van der Waals surface area contributed by atoms with Crippen LogP contribution in [0.25, 0.3) is 0 Å². The Morgan fingerprint density at radius 1 is 1.11 bits per heavy atom. The van der Waals surface area contributed by atoms with E-state index in [4.69, 9.17) is 14.2 Å². The van der Waals surface area contributed by atoms with Gasteiger partial charge in [0.1, 0.15) is 19.8 Å². The molecule has 0 amide bonds. The van der Waals surface area contributed by atoms with Crippen molar-refractivity contribution in [3.05, 3.63) is 42.5 Å². The van der Waals surface area contributed by atoms with Gasteiger partial charge in [0.15, 0.2) is 11.5 Å². The number of benzene rings is 2. The summed E-state index contributed by atoms with van der Waals surface area (Å²) in [7, 11) is -3.99. The Kier molecular flexibility index (Phi) is 6.35. The van der Waals surface area contributed by atoms with Crippen LogP contribution >= 0.6 is 11.8 Å². The van der Waals surface area contributed by atoms with Gasteiger partial charge in [-0.05, 0) is 49.6 Å². The monoisotopic (exact) mass is 423 g/mol. The molecule has 0 saturated heterocycles. The van der Waals surface area contributed by atoms with E-state index in [1.165, 1.54) is 23.9 Å². The van der Waals surface area contributed by atoms with Crippen molar-refractivity contribution in [2.24, 2.45) is 0 Å². The summed E-state index contributed by atoms with van der Waals surface area (Å²) in [4.78, 5) is 13.1. The topological polar surface area (TPSA) is 82.1 Å². The van der Waals surface area contributed by atoms with Gasteiger partial charge in [0.2, 0.25) is 0 Å². The van der Waals surface area contributed by atoms with Crippen LogP contribution in [-0.4, -0.2) is 47.0 Å². The number of ether oxygens (including phenoxy) is 3. The summed E-state index contributed by atoms with van der Waals surface area (Å²) in [6.45, 7) is 2.19. The number of thioether (sulfide) groups is 1. The van der Waals surface area contributed by atoms with Crippen molar-refractivity contribution < 1.29 is 27.4 Å².